The SMILES string of the molecule is COc1cc(F)c(F)cc1-c1nn(C(C)c2ccc(C(=O)NCCC(=O)O)cc2)c2cc(-c3ccc(OC(F)(F)F)cc3)ccc12. The molecule has 1 unspecified atom stereocenters. The molecule has 4 aromatic carbocycles. The highest BCUT2D eigenvalue weighted by Gasteiger charge is 2.31. The van der Waals surface area contributed by atoms with Gasteiger partial charge < -0.3 is 19.9 Å². The van der Waals surface area contributed by atoms with Gasteiger partial charge in [-0.25, -0.2) is 8.78 Å². The van der Waals surface area contributed by atoms with E-state index in [2.05, 4.69) is 10.1 Å². The average Bonchev–Trinajstić information content (AvgIpc) is 3.40. The van der Waals surface area contributed by atoms with Crippen LogP contribution in [0.3, 0.4) is 0 Å². The molecule has 1 amide bonds. The summed E-state index contributed by atoms with van der Waals surface area (Å²) in [5.74, 6) is -3.98. The van der Waals surface area contributed by atoms with E-state index in [-0.39, 0.29) is 30.0 Å². The predicted octanol–water partition coefficient (Wildman–Crippen LogP) is 7.37. The molecule has 1 heterocycles. The summed E-state index contributed by atoms with van der Waals surface area (Å²) < 4.78 is 77.5. The van der Waals surface area contributed by atoms with Crippen molar-refractivity contribution in [2.45, 2.75) is 25.7 Å². The highest BCUT2D eigenvalue weighted by molar-refractivity contribution is 5.97. The third-order valence-corrected chi connectivity index (χ3v) is 7.27. The van der Waals surface area contributed by atoms with E-state index in [0.29, 0.717) is 33.3 Å². The molecule has 5 rings (SSSR count). The maximum atomic E-state index is 14.4. The number of halogens is 5. The Hall–Kier alpha value is -5.46. The lowest BCUT2D eigenvalue weighted by Gasteiger charge is -2.15. The average molecular weight is 640 g/mol. The first-order valence-corrected chi connectivity index (χ1v) is 13.9. The Morgan fingerprint density at radius 1 is 0.935 bits per heavy atom. The molecular weight excluding hydrogens is 613 g/mol. The number of amides is 1. The van der Waals surface area contributed by atoms with E-state index >= 15 is 0 Å². The third kappa shape index (κ3) is 6.93. The van der Waals surface area contributed by atoms with Gasteiger partial charge in [-0.2, -0.15) is 5.10 Å². The van der Waals surface area contributed by atoms with Crippen molar-refractivity contribution in [2.24, 2.45) is 0 Å². The molecule has 0 saturated carbocycles. The van der Waals surface area contributed by atoms with E-state index in [1.807, 2.05) is 6.92 Å². The molecule has 0 bridgehead atoms. The van der Waals surface area contributed by atoms with Gasteiger partial charge in [0.15, 0.2) is 11.6 Å². The van der Waals surface area contributed by atoms with Crippen LogP contribution in [0.5, 0.6) is 11.5 Å². The summed E-state index contributed by atoms with van der Waals surface area (Å²) in [4.78, 5) is 23.2. The Kier molecular flexibility index (Phi) is 8.94. The molecule has 2 N–H and O–H groups in total. The molecule has 0 saturated heterocycles. The Bertz CT molecular complexity index is 1900. The summed E-state index contributed by atoms with van der Waals surface area (Å²) in [7, 11) is 1.32. The van der Waals surface area contributed by atoms with Gasteiger partial charge in [-0.05, 0) is 66.1 Å². The number of fused-ring (bicyclic) bond motifs is 1. The van der Waals surface area contributed by atoms with Gasteiger partial charge in [0.2, 0.25) is 0 Å². The number of methoxy groups -OCH3 is 1. The van der Waals surface area contributed by atoms with Gasteiger partial charge in [-0.3, -0.25) is 14.3 Å². The minimum atomic E-state index is -4.83. The molecule has 0 radical (unpaired) electrons. The fourth-order valence-corrected chi connectivity index (χ4v) is 4.98. The van der Waals surface area contributed by atoms with E-state index in [9.17, 15) is 31.5 Å². The second kappa shape index (κ2) is 12.9. The van der Waals surface area contributed by atoms with Crippen molar-refractivity contribution >= 4 is 22.8 Å². The summed E-state index contributed by atoms with van der Waals surface area (Å²) in [6, 6.07) is 18.6. The van der Waals surface area contributed by atoms with Gasteiger partial charge in [0.25, 0.3) is 5.91 Å². The van der Waals surface area contributed by atoms with Gasteiger partial charge in [0, 0.05) is 29.1 Å². The van der Waals surface area contributed by atoms with Crippen LogP contribution in [0.4, 0.5) is 22.0 Å². The van der Waals surface area contributed by atoms with Gasteiger partial charge in [-0.1, -0.05) is 30.3 Å². The number of hydrogen-bond donors (Lipinski definition) is 2. The second-order valence-corrected chi connectivity index (χ2v) is 10.3. The van der Waals surface area contributed by atoms with Gasteiger partial charge in [0.05, 0.1) is 25.1 Å². The lowest BCUT2D eigenvalue weighted by atomic mass is 10.0. The predicted molar refractivity (Wildman–Crippen MR) is 159 cm³/mol. The first-order chi connectivity index (χ1) is 21.8. The summed E-state index contributed by atoms with van der Waals surface area (Å²) in [5, 5.41) is 16.7. The van der Waals surface area contributed by atoms with E-state index in [1.165, 1.54) is 31.4 Å². The van der Waals surface area contributed by atoms with E-state index in [0.717, 1.165) is 17.7 Å². The van der Waals surface area contributed by atoms with Crippen molar-refractivity contribution in [1.82, 2.24) is 15.1 Å². The molecule has 5 aromatic rings. The van der Waals surface area contributed by atoms with Gasteiger partial charge in [-0.15, -0.1) is 13.2 Å². The second-order valence-electron chi connectivity index (χ2n) is 10.3. The van der Waals surface area contributed by atoms with E-state index in [1.54, 1.807) is 47.1 Å². The number of hydrogen-bond acceptors (Lipinski definition) is 5. The zero-order valence-electron chi connectivity index (χ0n) is 24.4. The summed E-state index contributed by atoms with van der Waals surface area (Å²) >= 11 is 0. The van der Waals surface area contributed by atoms with Crippen LogP contribution < -0.4 is 14.8 Å². The van der Waals surface area contributed by atoms with Gasteiger partial charge >= 0.3 is 12.3 Å². The molecule has 238 valence electrons. The first kappa shape index (κ1) is 31.9. The topological polar surface area (TPSA) is 103 Å². The van der Waals surface area contributed by atoms with Crippen molar-refractivity contribution in [1.29, 1.82) is 0 Å². The Morgan fingerprint density at radius 2 is 1.59 bits per heavy atom. The van der Waals surface area contributed by atoms with Crippen molar-refractivity contribution in [3.8, 4) is 33.9 Å². The maximum absolute atomic E-state index is 14.4. The number of benzene rings is 4. The van der Waals surface area contributed by atoms with Crippen molar-refractivity contribution < 1.29 is 46.1 Å². The monoisotopic (exact) mass is 639 g/mol. The highest BCUT2D eigenvalue weighted by Crippen LogP contribution is 2.39. The lowest BCUT2D eigenvalue weighted by molar-refractivity contribution is -0.274. The zero-order chi connectivity index (χ0) is 33.2. The number of carbonyl (C=O) groups is 2. The molecule has 0 fully saturated rings. The standard InChI is InChI=1S/C33H26F5N3O5/c1-18(19-3-5-21(6-4-19)32(44)39-14-13-30(42)43)41-28-15-22(20-7-10-23(11-8-20)46-33(36,37)38)9-12-24(28)31(40-41)25-16-26(34)27(35)17-29(25)45-2/h3-12,15-18H,13-14H2,1-2H3,(H,39,44)(H,42,43). The minimum absolute atomic E-state index is 0.0256. The molecule has 46 heavy (non-hydrogen) atoms. The summed E-state index contributed by atoms with van der Waals surface area (Å²) in [5.41, 5.74) is 3.34. The number of alkyl halides is 3. The number of ether oxygens (including phenoxy) is 2. The van der Waals surface area contributed by atoms with Crippen LogP contribution in [-0.2, 0) is 4.79 Å². The van der Waals surface area contributed by atoms with Crippen molar-refractivity contribution in [2.75, 3.05) is 13.7 Å². The van der Waals surface area contributed by atoms with Crippen LogP contribution in [0.15, 0.2) is 78.9 Å². The molecule has 13 heteroatoms. The van der Waals surface area contributed by atoms with Crippen molar-refractivity contribution in [3.05, 3.63) is 102 Å². The zero-order valence-corrected chi connectivity index (χ0v) is 24.4. The summed E-state index contributed by atoms with van der Waals surface area (Å²) in [6.07, 6.45) is -5.05. The molecule has 8 nitrogen and oxygen atoms in total. The largest absolute Gasteiger partial charge is 0.573 e. The number of aromatic nitrogens is 2. The number of rotatable bonds is 10. The Labute approximate surface area is 259 Å². The molecule has 1 aromatic heterocycles. The number of carbonyl (C=O) groups excluding carboxylic acids is 1. The molecule has 0 aliphatic rings. The normalized spacial score (nSPS) is 12.2. The number of aliphatic carboxylic acids is 1. The van der Waals surface area contributed by atoms with Crippen LogP contribution in [0.1, 0.15) is 35.3 Å². The van der Waals surface area contributed by atoms with E-state index < -0.39 is 35.9 Å². The first-order valence-electron chi connectivity index (χ1n) is 13.9. The smallest absolute Gasteiger partial charge is 0.496 e. The van der Waals surface area contributed by atoms with Crippen LogP contribution in [0, 0.1) is 11.6 Å². The lowest BCUT2D eigenvalue weighted by Crippen LogP contribution is -2.26. The van der Waals surface area contributed by atoms with Crippen LogP contribution in [0.25, 0.3) is 33.3 Å². The fourth-order valence-electron chi connectivity index (χ4n) is 4.98. The van der Waals surface area contributed by atoms with Gasteiger partial charge in [0.1, 0.15) is 17.2 Å². The molecular formula is C33H26F5N3O5. The third-order valence-electron chi connectivity index (χ3n) is 7.27. The van der Waals surface area contributed by atoms with Crippen LogP contribution in [-0.4, -0.2) is 46.8 Å². The number of nitrogens with zero attached hydrogens (tertiary/aromatic N) is 2. The Morgan fingerprint density at radius 3 is 2.22 bits per heavy atom. The van der Waals surface area contributed by atoms with Crippen LogP contribution in [0.2, 0.25) is 0 Å². The number of carboxylic acid groups (broad SMARTS) is 1. The minimum Gasteiger partial charge on any atom is -0.496 e. The van der Waals surface area contributed by atoms with E-state index in [4.69, 9.17) is 14.9 Å². The highest BCUT2D eigenvalue weighted by atomic mass is 19.4. The summed E-state index contributed by atoms with van der Waals surface area (Å²) in [6.45, 7) is 1.82. The number of nitrogens with one attached hydrogen (secondary N) is 1. The molecule has 0 aliphatic heterocycles. The Balaban J connectivity index is 1.57. The fraction of sp³-hybridized carbons (Fsp3) is 0.182. The molecule has 0 spiro atoms. The maximum Gasteiger partial charge on any atom is 0.573 e. The molecule has 0 aliphatic carbocycles. The number of carboxylic acids is 1. The quantitative estimate of drug-likeness (QED) is 0.155. The van der Waals surface area contributed by atoms with Crippen molar-refractivity contribution in [3.63, 3.8) is 0 Å². The van der Waals surface area contributed by atoms with Crippen LogP contribution >= 0.6 is 0 Å². The molecule has 1 atom stereocenters.